The molecule has 4 nitrogen and oxygen atoms in total. The van der Waals surface area contributed by atoms with Crippen LogP contribution in [-0.4, -0.2) is 22.7 Å². The molecule has 0 saturated heterocycles. The number of halogens is 1. The Morgan fingerprint density at radius 3 is 2.74 bits per heavy atom. The minimum atomic E-state index is 0.0265. The quantitative estimate of drug-likeness (QED) is 0.807. The molecule has 100 valence electrons. The normalized spacial score (nSPS) is 10.5. The lowest BCUT2D eigenvalue weighted by atomic mass is 10.1. The number of ether oxygens (including phenoxy) is 1. The molecule has 0 aliphatic heterocycles. The minimum Gasteiger partial charge on any atom is -0.496 e. The Kier molecular flexibility index (Phi) is 3.90. The second-order valence-electron chi connectivity index (χ2n) is 4.34. The molecule has 5 heteroatoms. The van der Waals surface area contributed by atoms with E-state index in [2.05, 4.69) is 5.10 Å². The van der Waals surface area contributed by atoms with Crippen LogP contribution in [0.1, 0.15) is 28.5 Å². The summed E-state index contributed by atoms with van der Waals surface area (Å²) in [5.74, 6) is 0.757. The third-order valence-electron chi connectivity index (χ3n) is 2.91. The molecule has 0 aliphatic carbocycles. The molecule has 19 heavy (non-hydrogen) atoms. The number of hydrogen-bond donors (Lipinski definition) is 0. The summed E-state index contributed by atoms with van der Waals surface area (Å²) in [6, 6.07) is 5.38. The molecule has 0 amide bonds. The molecule has 0 saturated carbocycles. The van der Waals surface area contributed by atoms with Crippen molar-refractivity contribution >= 4 is 17.4 Å². The second-order valence-corrected chi connectivity index (χ2v) is 4.75. The summed E-state index contributed by atoms with van der Waals surface area (Å²) in [4.78, 5) is 11.4. The molecule has 0 spiro atoms. The van der Waals surface area contributed by atoms with Crippen LogP contribution in [0.4, 0.5) is 0 Å². The molecule has 1 aromatic carbocycles. The molecule has 0 N–H and O–H groups in total. The van der Waals surface area contributed by atoms with Gasteiger partial charge < -0.3 is 4.74 Å². The third kappa shape index (κ3) is 2.96. The van der Waals surface area contributed by atoms with Crippen LogP contribution in [0, 0.1) is 6.92 Å². The molecule has 0 aliphatic rings. The molecular weight excluding hydrogens is 264 g/mol. The molecule has 1 aromatic heterocycles. The van der Waals surface area contributed by atoms with Crippen LogP contribution in [0.15, 0.2) is 24.4 Å². The number of benzene rings is 1. The van der Waals surface area contributed by atoms with Crippen molar-refractivity contribution in [2.24, 2.45) is 0 Å². The van der Waals surface area contributed by atoms with E-state index in [1.807, 2.05) is 13.0 Å². The highest BCUT2D eigenvalue weighted by molar-refractivity contribution is 6.31. The molecule has 0 unspecified atom stereocenters. The Balaban J connectivity index is 2.36. The van der Waals surface area contributed by atoms with Gasteiger partial charge >= 0.3 is 0 Å². The number of aromatic nitrogens is 2. The first kappa shape index (κ1) is 13.6. The van der Waals surface area contributed by atoms with Gasteiger partial charge in [0.1, 0.15) is 5.75 Å². The monoisotopic (exact) mass is 278 g/mol. The van der Waals surface area contributed by atoms with Gasteiger partial charge in [-0.1, -0.05) is 11.6 Å². The number of carbonyl (C=O) groups excluding carboxylic acids is 1. The molecule has 2 rings (SSSR count). The first-order chi connectivity index (χ1) is 9.01. The lowest BCUT2D eigenvalue weighted by Crippen LogP contribution is -2.04. The smallest absolute Gasteiger partial charge is 0.159 e. The molecule has 0 bridgehead atoms. The van der Waals surface area contributed by atoms with Crippen LogP contribution in [0.3, 0.4) is 0 Å². The molecular formula is C14H15ClN2O2. The number of hydrogen-bond acceptors (Lipinski definition) is 3. The van der Waals surface area contributed by atoms with Crippen LogP contribution in [0.5, 0.6) is 5.75 Å². The van der Waals surface area contributed by atoms with E-state index in [0.717, 1.165) is 17.0 Å². The van der Waals surface area contributed by atoms with Crippen molar-refractivity contribution in [1.82, 2.24) is 9.78 Å². The van der Waals surface area contributed by atoms with Crippen molar-refractivity contribution in [3.05, 3.63) is 46.2 Å². The average Bonchev–Trinajstić information content (AvgIpc) is 2.68. The SMILES string of the molecule is COc1ccc(C(C)=O)cc1Cn1cc(Cl)c(C)n1. The van der Waals surface area contributed by atoms with Crippen LogP contribution in [-0.2, 0) is 6.54 Å². The third-order valence-corrected chi connectivity index (χ3v) is 3.28. The Bertz CT molecular complexity index is 600. The molecule has 0 fully saturated rings. The van der Waals surface area contributed by atoms with Gasteiger partial charge in [-0.15, -0.1) is 0 Å². The van der Waals surface area contributed by atoms with Gasteiger partial charge in [0.2, 0.25) is 0 Å². The maximum atomic E-state index is 11.4. The van der Waals surface area contributed by atoms with Crippen molar-refractivity contribution in [3.63, 3.8) is 0 Å². The van der Waals surface area contributed by atoms with E-state index >= 15 is 0 Å². The van der Waals surface area contributed by atoms with E-state index in [1.54, 1.807) is 37.0 Å². The summed E-state index contributed by atoms with van der Waals surface area (Å²) in [5, 5.41) is 4.93. The van der Waals surface area contributed by atoms with E-state index in [-0.39, 0.29) is 5.78 Å². The zero-order chi connectivity index (χ0) is 14.0. The summed E-state index contributed by atoms with van der Waals surface area (Å²) < 4.78 is 7.04. The van der Waals surface area contributed by atoms with E-state index in [4.69, 9.17) is 16.3 Å². The maximum Gasteiger partial charge on any atom is 0.159 e. The molecule has 0 radical (unpaired) electrons. The van der Waals surface area contributed by atoms with Crippen molar-refractivity contribution in [1.29, 1.82) is 0 Å². The number of methoxy groups -OCH3 is 1. The van der Waals surface area contributed by atoms with Crippen LogP contribution >= 0.6 is 11.6 Å². The summed E-state index contributed by atoms with van der Waals surface area (Å²) in [6.45, 7) is 3.90. The lowest BCUT2D eigenvalue weighted by molar-refractivity contribution is 0.101. The number of ketones is 1. The van der Waals surface area contributed by atoms with Gasteiger partial charge in [0.25, 0.3) is 0 Å². The van der Waals surface area contributed by atoms with Crippen LogP contribution in [0.25, 0.3) is 0 Å². The van der Waals surface area contributed by atoms with Gasteiger partial charge in [-0.25, -0.2) is 0 Å². The zero-order valence-electron chi connectivity index (χ0n) is 11.1. The molecule has 1 heterocycles. The Morgan fingerprint density at radius 2 is 2.21 bits per heavy atom. The first-order valence-electron chi connectivity index (χ1n) is 5.88. The Labute approximate surface area is 116 Å². The summed E-state index contributed by atoms with van der Waals surface area (Å²) in [5.41, 5.74) is 2.34. The highest BCUT2D eigenvalue weighted by atomic mass is 35.5. The van der Waals surface area contributed by atoms with E-state index in [1.165, 1.54) is 0 Å². The predicted molar refractivity (Wildman–Crippen MR) is 74.1 cm³/mol. The van der Waals surface area contributed by atoms with Crippen LogP contribution in [0.2, 0.25) is 5.02 Å². The van der Waals surface area contributed by atoms with Gasteiger partial charge in [-0.05, 0) is 32.0 Å². The fourth-order valence-corrected chi connectivity index (χ4v) is 2.02. The van der Waals surface area contributed by atoms with E-state index in [0.29, 0.717) is 17.1 Å². The first-order valence-corrected chi connectivity index (χ1v) is 6.26. The Hall–Kier alpha value is -1.81. The van der Waals surface area contributed by atoms with Gasteiger partial charge in [0, 0.05) is 17.3 Å². The standard InChI is InChI=1S/C14H15ClN2O2/c1-9-13(15)8-17(16-9)7-12-6-11(10(2)18)4-5-14(12)19-3/h4-6,8H,7H2,1-3H3. The van der Waals surface area contributed by atoms with Gasteiger partial charge in [0.15, 0.2) is 5.78 Å². The van der Waals surface area contributed by atoms with E-state index in [9.17, 15) is 4.79 Å². The number of aryl methyl sites for hydroxylation is 1. The van der Waals surface area contributed by atoms with Crippen molar-refractivity contribution in [3.8, 4) is 5.75 Å². The van der Waals surface area contributed by atoms with Crippen LogP contribution < -0.4 is 4.74 Å². The number of carbonyl (C=O) groups is 1. The fourth-order valence-electron chi connectivity index (χ4n) is 1.87. The summed E-state index contributed by atoms with van der Waals surface area (Å²) in [6.07, 6.45) is 1.76. The summed E-state index contributed by atoms with van der Waals surface area (Å²) in [7, 11) is 1.60. The maximum absolute atomic E-state index is 11.4. The number of rotatable bonds is 4. The second kappa shape index (κ2) is 5.45. The molecule has 0 atom stereocenters. The van der Waals surface area contributed by atoms with Crippen molar-refractivity contribution < 1.29 is 9.53 Å². The fraction of sp³-hybridized carbons (Fsp3) is 0.286. The number of nitrogens with zero attached hydrogens (tertiary/aromatic N) is 2. The van der Waals surface area contributed by atoms with Gasteiger partial charge in [-0.3, -0.25) is 9.48 Å². The van der Waals surface area contributed by atoms with Gasteiger partial charge in [-0.2, -0.15) is 5.10 Å². The highest BCUT2D eigenvalue weighted by Gasteiger charge is 2.09. The van der Waals surface area contributed by atoms with Crippen molar-refractivity contribution in [2.75, 3.05) is 7.11 Å². The molecule has 2 aromatic rings. The largest absolute Gasteiger partial charge is 0.496 e. The van der Waals surface area contributed by atoms with E-state index < -0.39 is 0 Å². The highest BCUT2D eigenvalue weighted by Crippen LogP contribution is 2.22. The summed E-state index contributed by atoms with van der Waals surface area (Å²) >= 11 is 5.98. The average molecular weight is 279 g/mol. The zero-order valence-corrected chi connectivity index (χ0v) is 11.9. The number of Topliss-reactive ketones (excluding diaryl/α,β-unsaturated/α-hetero) is 1. The predicted octanol–water partition coefficient (Wildman–Crippen LogP) is 3.10. The lowest BCUT2D eigenvalue weighted by Gasteiger charge is -2.10. The Morgan fingerprint density at radius 1 is 1.47 bits per heavy atom. The van der Waals surface area contributed by atoms with Crippen molar-refractivity contribution in [2.45, 2.75) is 20.4 Å². The van der Waals surface area contributed by atoms with Gasteiger partial charge in [0.05, 0.1) is 24.4 Å². The topological polar surface area (TPSA) is 44.1 Å². The minimum absolute atomic E-state index is 0.0265.